The summed E-state index contributed by atoms with van der Waals surface area (Å²) in [4.78, 5) is 4.28. The van der Waals surface area contributed by atoms with Gasteiger partial charge in [0.05, 0.1) is 18.9 Å². The van der Waals surface area contributed by atoms with Gasteiger partial charge in [0.25, 0.3) is 0 Å². The molecular weight excluding hydrogens is 268 g/mol. The van der Waals surface area contributed by atoms with Crippen LogP contribution in [-0.4, -0.2) is 24.7 Å². The van der Waals surface area contributed by atoms with E-state index in [2.05, 4.69) is 26.2 Å². The van der Waals surface area contributed by atoms with Gasteiger partial charge < -0.3 is 10.1 Å². The third kappa shape index (κ3) is 3.85. The Labute approximate surface area is 105 Å². The number of hydrogen-bond donors (Lipinski definition) is 1. The lowest BCUT2D eigenvalue weighted by atomic mass is 9.99. The first-order valence-electron chi connectivity index (χ1n) is 5.73. The molecule has 0 spiro atoms. The minimum Gasteiger partial charge on any atom is -0.375 e. The molecule has 1 saturated heterocycles. The van der Waals surface area contributed by atoms with Crippen molar-refractivity contribution in [3.8, 4) is 0 Å². The standard InChI is InChI=1S/C12H17BrN2O/c13-11-1-2-12(15-7-11)9-16-8-10-3-5-14-6-4-10/h1-2,7,10,14H,3-6,8-9H2. The minimum absolute atomic E-state index is 0.622. The van der Waals surface area contributed by atoms with Gasteiger partial charge >= 0.3 is 0 Å². The number of piperidine rings is 1. The molecule has 0 amide bonds. The highest BCUT2D eigenvalue weighted by Crippen LogP contribution is 2.13. The molecule has 0 aliphatic carbocycles. The second kappa shape index (κ2) is 6.33. The summed E-state index contributed by atoms with van der Waals surface area (Å²) in [5.74, 6) is 0.719. The maximum absolute atomic E-state index is 5.69. The minimum atomic E-state index is 0.622. The Hall–Kier alpha value is -0.450. The van der Waals surface area contributed by atoms with Crippen LogP contribution in [0.2, 0.25) is 0 Å². The maximum atomic E-state index is 5.69. The molecule has 1 aromatic heterocycles. The zero-order valence-electron chi connectivity index (χ0n) is 9.29. The lowest BCUT2D eigenvalue weighted by Crippen LogP contribution is -2.29. The van der Waals surface area contributed by atoms with Gasteiger partial charge in [-0.05, 0) is 59.9 Å². The first kappa shape index (κ1) is 12.0. The van der Waals surface area contributed by atoms with Gasteiger partial charge in [-0.25, -0.2) is 0 Å². The summed E-state index contributed by atoms with van der Waals surface area (Å²) in [7, 11) is 0. The lowest BCUT2D eigenvalue weighted by Gasteiger charge is -2.22. The third-order valence-electron chi connectivity index (χ3n) is 2.85. The summed E-state index contributed by atoms with van der Waals surface area (Å²) in [6.07, 6.45) is 4.27. The molecule has 0 unspecified atom stereocenters. The second-order valence-electron chi connectivity index (χ2n) is 4.18. The van der Waals surface area contributed by atoms with Crippen molar-refractivity contribution in [2.45, 2.75) is 19.4 Å². The molecule has 1 aromatic rings. The molecule has 4 heteroatoms. The van der Waals surface area contributed by atoms with Crippen LogP contribution in [0.15, 0.2) is 22.8 Å². The van der Waals surface area contributed by atoms with E-state index in [4.69, 9.17) is 4.74 Å². The summed E-state index contributed by atoms with van der Waals surface area (Å²) in [5, 5.41) is 3.36. The van der Waals surface area contributed by atoms with Crippen molar-refractivity contribution in [1.82, 2.24) is 10.3 Å². The Morgan fingerprint density at radius 2 is 2.19 bits per heavy atom. The van der Waals surface area contributed by atoms with E-state index in [9.17, 15) is 0 Å². The number of ether oxygens (including phenoxy) is 1. The Morgan fingerprint density at radius 3 is 2.88 bits per heavy atom. The third-order valence-corrected chi connectivity index (χ3v) is 3.32. The molecule has 0 bridgehead atoms. The van der Waals surface area contributed by atoms with Crippen molar-refractivity contribution in [3.63, 3.8) is 0 Å². The van der Waals surface area contributed by atoms with Gasteiger partial charge in [0.15, 0.2) is 0 Å². The van der Waals surface area contributed by atoms with Crippen molar-refractivity contribution in [3.05, 3.63) is 28.5 Å². The van der Waals surface area contributed by atoms with Gasteiger partial charge in [-0.2, -0.15) is 0 Å². The van der Waals surface area contributed by atoms with E-state index >= 15 is 0 Å². The largest absolute Gasteiger partial charge is 0.375 e. The molecule has 3 nitrogen and oxygen atoms in total. The fraction of sp³-hybridized carbons (Fsp3) is 0.583. The fourth-order valence-electron chi connectivity index (χ4n) is 1.87. The van der Waals surface area contributed by atoms with Gasteiger partial charge in [0.2, 0.25) is 0 Å². The quantitative estimate of drug-likeness (QED) is 0.922. The van der Waals surface area contributed by atoms with Gasteiger partial charge in [-0.1, -0.05) is 0 Å². The topological polar surface area (TPSA) is 34.1 Å². The molecule has 2 rings (SSSR count). The highest BCUT2D eigenvalue weighted by atomic mass is 79.9. The number of halogens is 1. The Kier molecular flexibility index (Phi) is 4.75. The zero-order valence-corrected chi connectivity index (χ0v) is 10.9. The molecule has 88 valence electrons. The molecule has 16 heavy (non-hydrogen) atoms. The van der Waals surface area contributed by atoms with Crippen LogP contribution >= 0.6 is 15.9 Å². The van der Waals surface area contributed by atoms with Gasteiger partial charge in [0, 0.05) is 10.7 Å². The number of hydrogen-bond acceptors (Lipinski definition) is 3. The van der Waals surface area contributed by atoms with Crippen LogP contribution in [0, 0.1) is 5.92 Å². The van der Waals surface area contributed by atoms with Crippen LogP contribution in [0.3, 0.4) is 0 Å². The predicted molar refractivity (Wildman–Crippen MR) is 67.2 cm³/mol. The van der Waals surface area contributed by atoms with Crippen LogP contribution in [0.25, 0.3) is 0 Å². The highest BCUT2D eigenvalue weighted by Gasteiger charge is 2.12. The molecular formula is C12H17BrN2O. The summed E-state index contributed by atoms with van der Waals surface area (Å²) in [6.45, 7) is 3.74. The summed E-state index contributed by atoms with van der Waals surface area (Å²) >= 11 is 3.37. The Morgan fingerprint density at radius 1 is 1.38 bits per heavy atom. The fourth-order valence-corrected chi connectivity index (χ4v) is 2.10. The number of aromatic nitrogens is 1. The second-order valence-corrected chi connectivity index (χ2v) is 5.09. The van der Waals surface area contributed by atoms with Gasteiger partial charge in [-0.15, -0.1) is 0 Å². The SMILES string of the molecule is Brc1ccc(COCC2CCNCC2)nc1. The number of pyridine rings is 1. The molecule has 1 N–H and O–H groups in total. The average Bonchev–Trinajstić information content (AvgIpc) is 2.33. The van der Waals surface area contributed by atoms with Crippen LogP contribution in [0.4, 0.5) is 0 Å². The Bertz CT molecular complexity index is 309. The van der Waals surface area contributed by atoms with E-state index < -0.39 is 0 Å². The van der Waals surface area contributed by atoms with Crippen LogP contribution < -0.4 is 5.32 Å². The molecule has 0 saturated carbocycles. The van der Waals surface area contributed by atoms with E-state index in [-0.39, 0.29) is 0 Å². The number of nitrogens with one attached hydrogen (secondary N) is 1. The molecule has 0 radical (unpaired) electrons. The molecule has 1 aliphatic rings. The lowest BCUT2D eigenvalue weighted by molar-refractivity contribution is 0.0744. The zero-order chi connectivity index (χ0) is 11.2. The molecule has 0 atom stereocenters. The highest BCUT2D eigenvalue weighted by molar-refractivity contribution is 9.10. The predicted octanol–water partition coefficient (Wildman–Crippen LogP) is 2.36. The van der Waals surface area contributed by atoms with Gasteiger partial charge in [-0.3, -0.25) is 4.98 Å². The van der Waals surface area contributed by atoms with Crippen LogP contribution in [0.5, 0.6) is 0 Å². The molecule has 0 aromatic carbocycles. The van der Waals surface area contributed by atoms with Crippen molar-refractivity contribution >= 4 is 15.9 Å². The van der Waals surface area contributed by atoms with E-state index in [1.807, 2.05) is 18.3 Å². The number of rotatable bonds is 4. The van der Waals surface area contributed by atoms with Crippen LogP contribution in [-0.2, 0) is 11.3 Å². The average molecular weight is 285 g/mol. The van der Waals surface area contributed by atoms with E-state index in [0.717, 1.165) is 35.8 Å². The molecule has 1 aliphatic heterocycles. The summed E-state index contributed by atoms with van der Waals surface area (Å²) in [5.41, 5.74) is 0.997. The van der Waals surface area contributed by atoms with Crippen molar-refractivity contribution in [2.75, 3.05) is 19.7 Å². The first-order valence-corrected chi connectivity index (χ1v) is 6.53. The summed E-state index contributed by atoms with van der Waals surface area (Å²) in [6, 6.07) is 3.99. The van der Waals surface area contributed by atoms with Crippen molar-refractivity contribution in [1.29, 1.82) is 0 Å². The van der Waals surface area contributed by atoms with Crippen molar-refractivity contribution in [2.24, 2.45) is 5.92 Å². The number of nitrogens with zero attached hydrogens (tertiary/aromatic N) is 1. The maximum Gasteiger partial charge on any atom is 0.0887 e. The van der Waals surface area contributed by atoms with Crippen LogP contribution in [0.1, 0.15) is 18.5 Å². The monoisotopic (exact) mass is 284 g/mol. The van der Waals surface area contributed by atoms with E-state index in [1.54, 1.807) is 0 Å². The normalized spacial score (nSPS) is 17.6. The van der Waals surface area contributed by atoms with Gasteiger partial charge in [0.1, 0.15) is 0 Å². The molecule has 2 heterocycles. The summed E-state index contributed by atoms with van der Waals surface area (Å²) < 4.78 is 6.70. The van der Waals surface area contributed by atoms with E-state index in [0.29, 0.717) is 6.61 Å². The Balaban J connectivity index is 1.69. The first-order chi connectivity index (χ1) is 7.84. The molecule has 1 fully saturated rings. The smallest absolute Gasteiger partial charge is 0.0887 e. The van der Waals surface area contributed by atoms with E-state index in [1.165, 1.54) is 12.8 Å². The van der Waals surface area contributed by atoms with Crippen molar-refractivity contribution < 1.29 is 4.74 Å².